The number of oxazole rings is 1. The number of aromatic amines is 1. The molecule has 0 saturated heterocycles. The average Bonchev–Trinajstić information content (AvgIpc) is 2.99. The minimum Gasteiger partial charge on any atom is -0.408 e. The molecule has 0 aliphatic carbocycles. The minimum absolute atomic E-state index is 0.444. The summed E-state index contributed by atoms with van der Waals surface area (Å²) in [5, 5.41) is 0. The molecule has 0 saturated carbocycles. The van der Waals surface area contributed by atoms with Gasteiger partial charge in [-0.15, -0.1) is 0 Å². The number of pyridine rings is 1. The molecule has 0 amide bonds. The van der Waals surface area contributed by atoms with E-state index in [4.69, 9.17) is 4.42 Å². The van der Waals surface area contributed by atoms with Gasteiger partial charge >= 0.3 is 5.76 Å². The molecule has 19 heavy (non-hydrogen) atoms. The number of fused-ring (bicyclic) bond motifs is 2. The van der Waals surface area contributed by atoms with Gasteiger partial charge in [-0.05, 0) is 30.3 Å². The van der Waals surface area contributed by atoms with Crippen LogP contribution in [0, 0.1) is 0 Å². The normalized spacial score (nSPS) is 11.4. The first-order valence-corrected chi connectivity index (χ1v) is 5.86. The van der Waals surface area contributed by atoms with Crippen LogP contribution in [0.25, 0.3) is 28.0 Å². The summed E-state index contributed by atoms with van der Waals surface area (Å²) in [6, 6.07) is 11.5. The van der Waals surface area contributed by atoms with E-state index in [1.54, 1.807) is 0 Å². The number of hydrogen-bond donors (Lipinski definition) is 1. The summed E-state index contributed by atoms with van der Waals surface area (Å²) >= 11 is 0. The molecule has 92 valence electrons. The predicted molar refractivity (Wildman–Crippen MR) is 71.0 cm³/mol. The molecule has 3 heterocycles. The summed E-state index contributed by atoms with van der Waals surface area (Å²) in [7, 11) is 0. The largest absolute Gasteiger partial charge is 0.417 e. The second kappa shape index (κ2) is 3.58. The molecule has 0 aliphatic rings. The van der Waals surface area contributed by atoms with Gasteiger partial charge in [0.05, 0.1) is 17.2 Å². The minimum atomic E-state index is -0.444. The first-order valence-electron chi connectivity index (χ1n) is 5.86. The molecular formula is C14H9N3O2. The van der Waals surface area contributed by atoms with Crippen molar-refractivity contribution >= 4 is 16.6 Å². The zero-order valence-electron chi connectivity index (χ0n) is 9.83. The predicted octanol–water partition coefficient (Wildman–Crippen LogP) is 2.44. The number of nitrogens with one attached hydrogen (secondary N) is 1. The van der Waals surface area contributed by atoms with Crippen molar-refractivity contribution in [2.24, 2.45) is 0 Å². The highest BCUT2D eigenvalue weighted by Crippen LogP contribution is 2.23. The van der Waals surface area contributed by atoms with Crippen LogP contribution in [0.15, 0.2) is 58.0 Å². The van der Waals surface area contributed by atoms with Crippen molar-refractivity contribution in [1.82, 2.24) is 14.4 Å². The third-order valence-electron chi connectivity index (χ3n) is 3.12. The molecule has 5 heteroatoms. The van der Waals surface area contributed by atoms with Gasteiger partial charge in [0.1, 0.15) is 5.82 Å². The number of hydrogen-bond acceptors (Lipinski definition) is 3. The van der Waals surface area contributed by atoms with Gasteiger partial charge in [0.25, 0.3) is 0 Å². The van der Waals surface area contributed by atoms with E-state index in [9.17, 15) is 4.79 Å². The van der Waals surface area contributed by atoms with E-state index in [0.717, 1.165) is 16.9 Å². The first kappa shape index (κ1) is 10.1. The van der Waals surface area contributed by atoms with Crippen molar-refractivity contribution in [1.29, 1.82) is 0 Å². The molecule has 1 aromatic carbocycles. The second-order valence-electron chi connectivity index (χ2n) is 4.30. The molecule has 0 atom stereocenters. The van der Waals surface area contributed by atoms with Crippen LogP contribution in [-0.2, 0) is 0 Å². The van der Waals surface area contributed by atoms with Crippen LogP contribution in [0.2, 0.25) is 0 Å². The van der Waals surface area contributed by atoms with E-state index in [-0.39, 0.29) is 0 Å². The zero-order valence-corrected chi connectivity index (χ0v) is 9.83. The lowest BCUT2D eigenvalue weighted by molar-refractivity contribution is 0.555. The summed E-state index contributed by atoms with van der Waals surface area (Å²) < 4.78 is 7.06. The number of nitrogens with zero attached hydrogens (tertiary/aromatic N) is 2. The monoisotopic (exact) mass is 251 g/mol. The van der Waals surface area contributed by atoms with Crippen LogP contribution in [0.5, 0.6) is 0 Å². The molecule has 1 N–H and O–H groups in total. The maximum absolute atomic E-state index is 11.2. The van der Waals surface area contributed by atoms with Crippen molar-refractivity contribution < 1.29 is 4.42 Å². The lowest BCUT2D eigenvalue weighted by atomic mass is 10.2. The Balaban J connectivity index is 2.00. The van der Waals surface area contributed by atoms with Gasteiger partial charge in [-0.3, -0.25) is 9.38 Å². The van der Waals surface area contributed by atoms with Crippen LogP contribution in [-0.4, -0.2) is 14.4 Å². The summed E-state index contributed by atoms with van der Waals surface area (Å²) in [6.45, 7) is 0. The Morgan fingerprint density at radius 3 is 3.11 bits per heavy atom. The molecule has 4 aromatic rings. The highest BCUT2D eigenvalue weighted by Gasteiger charge is 2.08. The lowest BCUT2D eigenvalue weighted by Crippen LogP contribution is -1.92. The highest BCUT2D eigenvalue weighted by molar-refractivity contribution is 5.78. The van der Waals surface area contributed by atoms with Crippen LogP contribution in [0.3, 0.4) is 0 Å². The fourth-order valence-electron chi connectivity index (χ4n) is 2.24. The molecule has 4 rings (SSSR count). The fourth-order valence-corrected chi connectivity index (χ4v) is 2.24. The topological polar surface area (TPSA) is 63.3 Å². The second-order valence-corrected chi connectivity index (χ2v) is 4.30. The molecule has 5 nitrogen and oxygen atoms in total. The van der Waals surface area contributed by atoms with Gasteiger partial charge in [-0.25, -0.2) is 9.78 Å². The third kappa shape index (κ3) is 1.48. The van der Waals surface area contributed by atoms with Gasteiger partial charge in [-0.2, -0.15) is 0 Å². The average molecular weight is 251 g/mol. The number of H-pyrrole nitrogens is 1. The van der Waals surface area contributed by atoms with E-state index in [1.165, 1.54) is 0 Å². The van der Waals surface area contributed by atoms with E-state index < -0.39 is 5.76 Å². The Hall–Kier alpha value is -2.82. The van der Waals surface area contributed by atoms with Gasteiger partial charge < -0.3 is 4.42 Å². The quantitative estimate of drug-likeness (QED) is 0.565. The van der Waals surface area contributed by atoms with Crippen LogP contribution in [0.4, 0.5) is 0 Å². The Bertz CT molecular complexity index is 946. The van der Waals surface area contributed by atoms with Crippen molar-refractivity contribution in [3.05, 3.63) is 59.3 Å². The molecule has 0 radical (unpaired) electrons. The summed E-state index contributed by atoms with van der Waals surface area (Å²) in [4.78, 5) is 18.2. The molecular weight excluding hydrogens is 242 g/mol. The molecule has 3 aromatic heterocycles. The van der Waals surface area contributed by atoms with Crippen LogP contribution < -0.4 is 5.76 Å². The maximum atomic E-state index is 11.2. The standard InChI is InChI=1S/C14H9N3O2/c18-14-16-11-5-4-9(7-12(11)19-14)13-15-8-10-3-1-2-6-17(10)13/h1-8H,(H,16,18). The highest BCUT2D eigenvalue weighted by atomic mass is 16.4. The summed E-state index contributed by atoms with van der Waals surface area (Å²) in [5.74, 6) is 0.376. The van der Waals surface area contributed by atoms with E-state index >= 15 is 0 Å². The molecule has 0 bridgehead atoms. The van der Waals surface area contributed by atoms with Gasteiger partial charge in [-0.1, -0.05) is 6.07 Å². The Labute approximate surface area is 107 Å². The molecule has 0 unspecified atom stereocenters. The summed E-state index contributed by atoms with van der Waals surface area (Å²) in [5.41, 5.74) is 3.15. The van der Waals surface area contributed by atoms with E-state index in [2.05, 4.69) is 9.97 Å². The number of aromatic nitrogens is 3. The van der Waals surface area contributed by atoms with Crippen molar-refractivity contribution in [2.45, 2.75) is 0 Å². The Morgan fingerprint density at radius 2 is 2.16 bits per heavy atom. The van der Waals surface area contributed by atoms with Crippen LogP contribution >= 0.6 is 0 Å². The van der Waals surface area contributed by atoms with E-state index in [1.807, 2.05) is 53.2 Å². The Morgan fingerprint density at radius 1 is 1.21 bits per heavy atom. The SMILES string of the molecule is O=c1[nH]c2ccc(-c3ncc4ccccn34)cc2o1. The molecule has 0 fully saturated rings. The zero-order chi connectivity index (χ0) is 12.8. The number of benzene rings is 1. The van der Waals surface area contributed by atoms with Crippen molar-refractivity contribution in [3.8, 4) is 11.4 Å². The van der Waals surface area contributed by atoms with Crippen molar-refractivity contribution in [3.63, 3.8) is 0 Å². The smallest absolute Gasteiger partial charge is 0.408 e. The Kier molecular flexibility index (Phi) is 1.91. The van der Waals surface area contributed by atoms with E-state index in [0.29, 0.717) is 11.1 Å². The molecule has 0 spiro atoms. The lowest BCUT2D eigenvalue weighted by Gasteiger charge is -2.00. The number of rotatable bonds is 1. The number of imidazole rings is 1. The van der Waals surface area contributed by atoms with Crippen molar-refractivity contribution in [2.75, 3.05) is 0 Å². The summed E-state index contributed by atoms with van der Waals surface area (Å²) in [6.07, 6.45) is 3.77. The fraction of sp³-hybridized carbons (Fsp3) is 0. The first-order chi connectivity index (χ1) is 9.31. The van der Waals surface area contributed by atoms with Gasteiger partial charge in [0.15, 0.2) is 5.58 Å². The maximum Gasteiger partial charge on any atom is 0.417 e. The van der Waals surface area contributed by atoms with Gasteiger partial charge in [0.2, 0.25) is 0 Å². The molecule has 0 aliphatic heterocycles. The third-order valence-corrected chi connectivity index (χ3v) is 3.12. The van der Waals surface area contributed by atoms with Crippen LogP contribution in [0.1, 0.15) is 0 Å². The van der Waals surface area contributed by atoms with Gasteiger partial charge in [0, 0.05) is 11.8 Å².